The van der Waals surface area contributed by atoms with Crippen LogP contribution in [0.25, 0.3) is 0 Å². The Kier molecular flexibility index (Phi) is 5.61. The van der Waals surface area contributed by atoms with Crippen molar-refractivity contribution in [1.29, 1.82) is 0 Å². The van der Waals surface area contributed by atoms with Crippen LogP contribution in [-0.4, -0.2) is 27.1 Å². The number of aryl methyl sites for hydroxylation is 1. The maximum atomic E-state index is 4.68. The molecule has 3 nitrogen and oxygen atoms in total. The Hall–Kier alpha value is -0.640. The second-order valence-electron chi connectivity index (χ2n) is 5.60. The molecule has 0 amide bonds. The van der Waals surface area contributed by atoms with Crippen molar-refractivity contribution >= 4 is 17.7 Å². The lowest BCUT2D eigenvalue weighted by atomic mass is 9.96. The molecule has 1 aromatic rings. The first-order valence-electron chi connectivity index (χ1n) is 7.60. The third-order valence-electron chi connectivity index (χ3n) is 3.83. The average molecular weight is 281 g/mol. The van der Waals surface area contributed by atoms with Gasteiger partial charge in [0.05, 0.1) is 5.69 Å². The van der Waals surface area contributed by atoms with Gasteiger partial charge in [-0.1, -0.05) is 26.2 Å². The second-order valence-corrected chi connectivity index (χ2v) is 6.92. The highest BCUT2D eigenvalue weighted by atomic mass is 32.2. The molecule has 1 aromatic heterocycles. The van der Waals surface area contributed by atoms with Crippen LogP contribution in [0.5, 0.6) is 0 Å². The lowest BCUT2D eigenvalue weighted by Crippen LogP contribution is -2.25. The molecule has 1 atom stereocenters. The normalized spacial score (nSPS) is 18.5. The lowest BCUT2D eigenvalue weighted by Gasteiger charge is -2.25. The summed E-state index contributed by atoms with van der Waals surface area (Å²) in [7, 11) is 0. The predicted octanol–water partition coefficient (Wildman–Crippen LogP) is 4.25. The van der Waals surface area contributed by atoms with E-state index < -0.39 is 0 Å². The molecular formula is C15H27N3S. The zero-order valence-electron chi connectivity index (χ0n) is 12.5. The molecule has 19 heavy (non-hydrogen) atoms. The molecule has 1 unspecified atom stereocenters. The van der Waals surface area contributed by atoms with Gasteiger partial charge in [-0.05, 0) is 32.4 Å². The molecule has 0 radical (unpaired) electrons. The number of anilines is 1. The topological polar surface area (TPSA) is 29.9 Å². The summed E-state index contributed by atoms with van der Waals surface area (Å²) in [6.45, 7) is 6.59. The van der Waals surface area contributed by atoms with Gasteiger partial charge in [0.15, 0.2) is 0 Å². The number of rotatable bonds is 6. The van der Waals surface area contributed by atoms with E-state index in [-0.39, 0.29) is 0 Å². The van der Waals surface area contributed by atoms with Gasteiger partial charge in [0, 0.05) is 24.0 Å². The smallest absolute Gasteiger partial charge is 0.203 e. The Labute approximate surface area is 121 Å². The van der Waals surface area contributed by atoms with Crippen molar-refractivity contribution in [2.45, 2.75) is 65.0 Å². The molecule has 108 valence electrons. The van der Waals surface area contributed by atoms with Crippen LogP contribution in [0.15, 0.2) is 6.20 Å². The quantitative estimate of drug-likeness (QED) is 0.845. The van der Waals surface area contributed by atoms with Gasteiger partial charge >= 0.3 is 0 Å². The number of nitrogens with zero attached hydrogens (tertiary/aromatic N) is 2. The average Bonchev–Trinajstić information content (AvgIpc) is 2.78. The molecule has 4 heteroatoms. The van der Waals surface area contributed by atoms with Crippen molar-refractivity contribution in [3.05, 3.63) is 11.9 Å². The summed E-state index contributed by atoms with van der Waals surface area (Å²) in [5.41, 5.74) is 1.12. The zero-order valence-corrected chi connectivity index (χ0v) is 13.3. The Morgan fingerprint density at radius 1 is 1.42 bits per heavy atom. The Bertz CT molecular complexity index is 383. The Morgan fingerprint density at radius 2 is 2.16 bits per heavy atom. The number of aromatic nitrogens is 2. The molecule has 0 spiro atoms. The Balaban J connectivity index is 2.02. The van der Waals surface area contributed by atoms with E-state index in [4.69, 9.17) is 0 Å². The lowest BCUT2D eigenvalue weighted by molar-refractivity contribution is 0.457. The van der Waals surface area contributed by atoms with Crippen molar-refractivity contribution in [2.75, 3.05) is 16.8 Å². The van der Waals surface area contributed by atoms with E-state index in [0.29, 0.717) is 12.1 Å². The van der Waals surface area contributed by atoms with Crippen LogP contribution in [-0.2, 0) is 0 Å². The van der Waals surface area contributed by atoms with E-state index in [1.807, 2.05) is 11.8 Å². The Morgan fingerprint density at radius 3 is 2.84 bits per heavy atom. The van der Waals surface area contributed by atoms with Gasteiger partial charge in [0.2, 0.25) is 5.95 Å². The van der Waals surface area contributed by atoms with Crippen molar-refractivity contribution in [3.63, 3.8) is 0 Å². The van der Waals surface area contributed by atoms with Crippen molar-refractivity contribution < 1.29 is 0 Å². The van der Waals surface area contributed by atoms with Crippen LogP contribution in [0.4, 0.5) is 5.95 Å². The molecule has 1 heterocycles. The van der Waals surface area contributed by atoms with Gasteiger partial charge in [0.1, 0.15) is 0 Å². The molecule has 0 saturated heterocycles. The largest absolute Gasteiger partial charge is 0.353 e. The van der Waals surface area contributed by atoms with Crippen molar-refractivity contribution in [2.24, 2.45) is 0 Å². The fraction of sp³-hybridized carbons (Fsp3) is 0.800. The first-order valence-corrected chi connectivity index (χ1v) is 8.76. The number of thioether (sulfide) groups is 1. The molecular weight excluding hydrogens is 254 g/mol. The number of hydrogen-bond donors (Lipinski definition) is 1. The van der Waals surface area contributed by atoms with Gasteiger partial charge in [-0.2, -0.15) is 11.8 Å². The summed E-state index contributed by atoms with van der Waals surface area (Å²) in [4.78, 5) is 4.68. The summed E-state index contributed by atoms with van der Waals surface area (Å²) in [6, 6.07) is 1.14. The van der Waals surface area contributed by atoms with Gasteiger partial charge < -0.3 is 9.88 Å². The number of hydrogen-bond acceptors (Lipinski definition) is 3. The van der Waals surface area contributed by atoms with E-state index in [1.54, 1.807) is 0 Å². The van der Waals surface area contributed by atoms with Crippen LogP contribution < -0.4 is 5.32 Å². The van der Waals surface area contributed by atoms with Crippen LogP contribution in [0.3, 0.4) is 0 Å². The third-order valence-corrected chi connectivity index (χ3v) is 4.96. The first-order chi connectivity index (χ1) is 9.20. The van der Waals surface area contributed by atoms with E-state index in [2.05, 4.69) is 41.8 Å². The molecule has 2 rings (SSSR count). The molecule has 1 aliphatic carbocycles. The highest BCUT2D eigenvalue weighted by Crippen LogP contribution is 2.24. The molecule has 0 bridgehead atoms. The molecule has 1 fully saturated rings. The maximum Gasteiger partial charge on any atom is 0.203 e. The second kappa shape index (κ2) is 7.22. The molecule has 1 aliphatic rings. The van der Waals surface area contributed by atoms with E-state index in [1.165, 1.54) is 37.9 Å². The van der Waals surface area contributed by atoms with Gasteiger partial charge in [-0.3, -0.25) is 0 Å². The minimum Gasteiger partial charge on any atom is -0.353 e. The highest BCUT2D eigenvalue weighted by molar-refractivity contribution is 7.99. The maximum absolute atomic E-state index is 4.68. The predicted molar refractivity (Wildman–Crippen MR) is 85.2 cm³/mol. The fourth-order valence-electron chi connectivity index (χ4n) is 2.76. The zero-order chi connectivity index (χ0) is 13.7. The molecule has 1 saturated carbocycles. The van der Waals surface area contributed by atoms with Crippen LogP contribution in [0.1, 0.15) is 57.7 Å². The van der Waals surface area contributed by atoms with Crippen LogP contribution >= 0.6 is 11.8 Å². The third kappa shape index (κ3) is 4.16. The van der Waals surface area contributed by atoms with Crippen LogP contribution in [0, 0.1) is 6.92 Å². The SMILES string of the molecule is CCSCC(C)n1cc(C)nc1NC1CCCCC1. The highest BCUT2D eigenvalue weighted by Gasteiger charge is 2.17. The minimum atomic E-state index is 0.511. The summed E-state index contributed by atoms with van der Waals surface area (Å²) in [6.07, 6.45) is 8.90. The monoisotopic (exact) mass is 281 g/mol. The van der Waals surface area contributed by atoms with Gasteiger partial charge in [0.25, 0.3) is 0 Å². The standard InChI is InChI=1S/C15H27N3S/c1-4-19-11-13(3)18-10-12(2)16-15(18)17-14-8-6-5-7-9-14/h10,13-14H,4-9,11H2,1-3H3,(H,16,17). The van der Waals surface area contributed by atoms with Crippen molar-refractivity contribution in [3.8, 4) is 0 Å². The van der Waals surface area contributed by atoms with Gasteiger partial charge in [-0.25, -0.2) is 4.98 Å². The first kappa shape index (κ1) is 14.8. The van der Waals surface area contributed by atoms with E-state index in [0.717, 1.165) is 17.4 Å². The summed E-state index contributed by atoms with van der Waals surface area (Å²) in [5.74, 6) is 3.42. The molecule has 0 aromatic carbocycles. The number of imidazole rings is 1. The van der Waals surface area contributed by atoms with Crippen LogP contribution in [0.2, 0.25) is 0 Å². The minimum absolute atomic E-state index is 0.511. The van der Waals surface area contributed by atoms with Gasteiger partial charge in [-0.15, -0.1) is 0 Å². The fourth-order valence-corrected chi connectivity index (χ4v) is 3.49. The molecule has 1 N–H and O–H groups in total. The van der Waals surface area contributed by atoms with E-state index >= 15 is 0 Å². The summed E-state index contributed by atoms with van der Waals surface area (Å²) >= 11 is 2.00. The molecule has 0 aliphatic heterocycles. The van der Waals surface area contributed by atoms with Crippen molar-refractivity contribution in [1.82, 2.24) is 9.55 Å². The summed E-state index contributed by atoms with van der Waals surface area (Å²) < 4.78 is 2.33. The summed E-state index contributed by atoms with van der Waals surface area (Å²) in [5, 5.41) is 3.67. The van der Waals surface area contributed by atoms with E-state index in [9.17, 15) is 0 Å². The number of nitrogens with one attached hydrogen (secondary N) is 1.